The van der Waals surface area contributed by atoms with Gasteiger partial charge in [0.1, 0.15) is 10.5 Å². The molecule has 0 spiro atoms. The summed E-state index contributed by atoms with van der Waals surface area (Å²) >= 11 is 0. The summed E-state index contributed by atoms with van der Waals surface area (Å²) in [7, 11) is -1.19. The van der Waals surface area contributed by atoms with E-state index in [9.17, 15) is 4.80 Å². The molecule has 0 saturated carbocycles. The van der Waals surface area contributed by atoms with E-state index in [1.807, 2.05) is 6.08 Å². The lowest BCUT2D eigenvalue weighted by molar-refractivity contribution is 0.402. The van der Waals surface area contributed by atoms with Gasteiger partial charge in [0.05, 0.1) is 0 Å². The molecule has 0 aromatic heterocycles. The summed E-state index contributed by atoms with van der Waals surface area (Å²) in [6.45, 7) is 5.86. The summed E-state index contributed by atoms with van der Waals surface area (Å²) in [6.07, 6.45) is 6.27. The zero-order valence-corrected chi connectivity index (χ0v) is 11.3. The molecule has 12 heavy (non-hydrogen) atoms. The quantitative estimate of drug-likeness (QED) is 0.487. The van der Waals surface area contributed by atoms with Gasteiger partial charge in [-0.3, -0.25) is 0 Å². The standard InChI is InChI=1S/C8H20O2Si2/c1-3-5-7-8(6-4-2)12(9)10-11/h4,8-9,12H,2-3,5-7H2,1,11H3. The van der Waals surface area contributed by atoms with Crippen LogP contribution >= 0.6 is 0 Å². The first-order valence-electron chi connectivity index (χ1n) is 4.58. The summed E-state index contributed by atoms with van der Waals surface area (Å²) in [6, 6.07) is 0. The van der Waals surface area contributed by atoms with Crippen LogP contribution in [0.4, 0.5) is 0 Å². The fourth-order valence-corrected chi connectivity index (χ4v) is 3.74. The number of hydrogen-bond acceptors (Lipinski definition) is 2. The molecule has 1 N–H and O–H groups in total. The summed E-state index contributed by atoms with van der Waals surface area (Å²) in [5.41, 5.74) is 0.389. The van der Waals surface area contributed by atoms with E-state index in [0.717, 1.165) is 12.8 Å². The lowest BCUT2D eigenvalue weighted by Gasteiger charge is -2.17. The van der Waals surface area contributed by atoms with Gasteiger partial charge in [0.25, 0.3) is 0 Å². The molecule has 2 unspecified atom stereocenters. The van der Waals surface area contributed by atoms with Crippen molar-refractivity contribution in [1.82, 2.24) is 0 Å². The highest BCUT2D eigenvalue weighted by atomic mass is 28.3. The number of unbranched alkanes of at least 4 members (excludes halogenated alkanes) is 1. The molecule has 2 atom stereocenters. The predicted octanol–water partition coefficient (Wildman–Crippen LogP) is 0.633. The second-order valence-electron chi connectivity index (χ2n) is 3.05. The van der Waals surface area contributed by atoms with E-state index in [2.05, 4.69) is 13.5 Å². The minimum Gasteiger partial charge on any atom is -0.447 e. The Kier molecular flexibility index (Phi) is 7.79. The van der Waals surface area contributed by atoms with Crippen LogP contribution in [-0.4, -0.2) is 24.6 Å². The molecule has 0 amide bonds. The second-order valence-corrected chi connectivity index (χ2v) is 6.66. The monoisotopic (exact) mass is 204 g/mol. The van der Waals surface area contributed by atoms with E-state index in [0.29, 0.717) is 16.0 Å². The molecule has 2 nitrogen and oxygen atoms in total. The minimum atomic E-state index is -1.86. The van der Waals surface area contributed by atoms with Crippen LogP contribution in [0.2, 0.25) is 5.54 Å². The molecule has 0 aromatic carbocycles. The van der Waals surface area contributed by atoms with Gasteiger partial charge >= 0.3 is 9.28 Å². The van der Waals surface area contributed by atoms with Gasteiger partial charge in [-0.25, -0.2) is 0 Å². The van der Waals surface area contributed by atoms with E-state index in [4.69, 9.17) is 4.12 Å². The fourth-order valence-electron chi connectivity index (χ4n) is 1.25. The molecule has 0 aliphatic rings. The van der Waals surface area contributed by atoms with Gasteiger partial charge in [0, 0.05) is 5.54 Å². The Morgan fingerprint density at radius 3 is 2.83 bits per heavy atom. The van der Waals surface area contributed by atoms with Crippen molar-refractivity contribution in [1.29, 1.82) is 0 Å². The van der Waals surface area contributed by atoms with Gasteiger partial charge in [-0.15, -0.1) is 6.58 Å². The van der Waals surface area contributed by atoms with Crippen molar-refractivity contribution in [2.24, 2.45) is 0 Å². The predicted molar refractivity (Wildman–Crippen MR) is 58.5 cm³/mol. The molecule has 4 heteroatoms. The molecule has 0 radical (unpaired) electrons. The van der Waals surface area contributed by atoms with Gasteiger partial charge in [0.2, 0.25) is 0 Å². The zero-order valence-electron chi connectivity index (χ0n) is 8.12. The van der Waals surface area contributed by atoms with Crippen molar-refractivity contribution in [3.8, 4) is 0 Å². The number of rotatable bonds is 7. The lowest BCUT2D eigenvalue weighted by Crippen LogP contribution is -2.23. The van der Waals surface area contributed by atoms with Crippen molar-refractivity contribution < 1.29 is 8.91 Å². The van der Waals surface area contributed by atoms with Crippen molar-refractivity contribution in [3.05, 3.63) is 12.7 Å². The summed E-state index contributed by atoms with van der Waals surface area (Å²) < 4.78 is 5.15. The summed E-state index contributed by atoms with van der Waals surface area (Å²) in [5.74, 6) is 0. The molecule has 0 saturated heterocycles. The van der Waals surface area contributed by atoms with Crippen LogP contribution < -0.4 is 0 Å². The van der Waals surface area contributed by atoms with Gasteiger partial charge in [-0.1, -0.05) is 25.8 Å². The van der Waals surface area contributed by atoms with Crippen molar-refractivity contribution in [2.45, 2.75) is 38.1 Å². The normalized spacial score (nSPS) is 15.8. The van der Waals surface area contributed by atoms with Gasteiger partial charge in [0.15, 0.2) is 0 Å². The molecule has 0 aliphatic heterocycles. The van der Waals surface area contributed by atoms with Crippen LogP contribution in [-0.2, 0) is 4.12 Å². The molecule has 0 aromatic rings. The zero-order chi connectivity index (χ0) is 9.40. The van der Waals surface area contributed by atoms with Crippen molar-refractivity contribution in [2.75, 3.05) is 0 Å². The number of allylic oxidation sites excluding steroid dienone is 1. The highest BCUT2D eigenvalue weighted by Gasteiger charge is 2.19. The van der Waals surface area contributed by atoms with Gasteiger partial charge in [-0.05, 0) is 12.8 Å². The first-order chi connectivity index (χ1) is 5.76. The van der Waals surface area contributed by atoms with Crippen LogP contribution in [0.5, 0.6) is 0 Å². The maximum Gasteiger partial charge on any atom is 0.311 e. The third-order valence-corrected chi connectivity index (χ3v) is 5.39. The molecular formula is C8H20O2Si2. The molecule has 0 rings (SSSR count). The Hall–Kier alpha value is 0.0938. The average molecular weight is 204 g/mol. The van der Waals surface area contributed by atoms with Crippen LogP contribution in [0.15, 0.2) is 12.7 Å². The molecule has 72 valence electrons. The Bertz CT molecular complexity index is 120. The maximum absolute atomic E-state index is 9.58. The topological polar surface area (TPSA) is 29.5 Å². The Morgan fingerprint density at radius 1 is 1.75 bits per heavy atom. The lowest BCUT2D eigenvalue weighted by atomic mass is 10.1. The van der Waals surface area contributed by atoms with E-state index in [-0.39, 0.29) is 0 Å². The Labute approximate surface area is 80.0 Å². The third-order valence-electron chi connectivity index (χ3n) is 2.04. The fraction of sp³-hybridized carbons (Fsp3) is 0.750. The van der Waals surface area contributed by atoms with E-state index in [1.165, 1.54) is 12.8 Å². The average Bonchev–Trinajstić information content (AvgIpc) is 2.11. The van der Waals surface area contributed by atoms with E-state index < -0.39 is 9.28 Å². The van der Waals surface area contributed by atoms with Gasteiger partial charge in [-0.2, -0.15) is 0 Å². The highest BCUT2D eigenvalue weighted by molar-refractivity contribution is 6.49. The first kappa shape index (κ1) is 12.1. The van der Waals surface area contributed by atoms with E-state index >= 15 is 0 Å². The molecule has 0 fully saturated rings. The second kappa shape index (κ2) is 7.73. The van der Waals surface area contributed by atoms with Crippen molar-refractivity contribution in [3.63, 3.8) is 0 Å². The Morgan fingerprint density at radius 2 is 2.42 bits per heavy atom. The van der Waals surface area contributed by atoms with Crippen molar-refractivity contribution >= 4 is 19.8 Å². The molecule has 0 aliphatic carbocycles. The van der Waals surface area contributed by atoms with Crippen LogP contribution in [0.3, 0.4) is 0 Å². The summed E-state index contributed by atoms with van der Waals surface area (Å²) in [4.78, 5) is 9.58. The third kappa shape index (κ3) is 4.87. The SMILES string of the molecule is C=CCC(CCCC)[SiH](O)O[SiH3]. The Balaban J connectivity index is 3.75. The van der Waals surface area contributed by atoms with E-state index in [1.54, 1.807) is 0 Å². The van der Waals surface area contributed by atoms with Crippen LogP contribution in [0.25, 0.3) is 0 Å². The maximum atomic E-state index is 9.58. The number of hydrogen-bond donors (Lipinski definition) is 1. The van der Waals surface area contributed by atoms with Crippen LogP contribution in [0, 0.1) is 0 Å². The van der Waals surface area contributed by atoms with Gasteiger partial charge < -0.3 is 8.91 Å². The molecular weight excluding hydrogens is 184 g/mol. The molecule has 0 heterocycles. The minimum absolute atomic E-state index is 0.389. The molecule has 0 bridgehead atoms. The largest absolute Gasteiger partial charge is 0.447 e. The first-order valence-corrected chi connectivity index (χ1v) is 7.05. The smallest absolute Gasteiger partial charge is 0.311 e. The highest BCUT2D eigenvalue weighted by Crippen LogP contribution is 2.21. The van der Waals surface area contributed by atoms with Crippen LogP contribution in [0.1, 0.15) is 32.6 Å². The summed E-state index contributed by atoms with van der Waals surface area (Å²) in [5, 5.41) is 0.